The summed E-state index contributed by atoms with van der Waals surface area (Å²) in [5, 5.41) is 15.5. The quantitative estimate of drug-likeness (QED) is 0.420. The van der Waals surface area contributed by atoms with Crippen LogP contribution in [0.15, 0.2) is 53.5 Å². The minimum absolute atomic E-state index is 0.0506. The summed E-state index contributed by atoms with van der Waals surface area (Å²) < 4.78 is 0. The standard InChI is InChI=1S/C17H15N5O4S2/c1-2-8-21-15(24)13(28-17(21)20-16-18-7-9-27-16)10-14(23)19-11-3-5-12(6-4-11)22(25)26/h2-7,9,13H,1,8,10H2,(H,19,23)/t13-/m0/s1. The number of aromatic nitrogens is 1. The van der Waals surface area contributed by atoms with Crippen LogP contribution >= 0.6 is 23.1 Å². The number of hydrogen-bond acceptors (Lipinski definition) is 8. The lowest BCUT2D eigenvalue weighted by Gasteiger charge is -2.13. The van der Waals surface area contributed by atoms with Crippen molar-refractivity contribution in [2.24, 2.45) is 4.99 Å². The van der Waals surface area contributed by atoms with Gasteiger partial charge in [-0.1, -0.05) is 17.8 Å². The number of thiazole rings is 1. The number of thioether (sulfide) groups is 1. The predicted molar refractivity (Wildman–Crippen MR) is 109 cm³/mol. The number of carbonyl (C=O) groups excluding carboxylic acids is 2. The highest BCUT2D eigenvalue weighted by atomic mass is 32.2. The minimum Gasteiger partial charge on any atom is -0.326 e. The van der Waals surface area contributed by atoms with E-state index in [0.717, 1.165) is 0 Å². The number of amidine groups is 1. The molecular formula is C17H15N5O4S2. The third-order valence-corrected chi connectivity index (χ3v) is 5.52. The Kier molecular flexibility index (Phi) is 6.16. The Bertz CT molecular complexity index is 928. The SMILES string of the molecule is C=CCN1C(=O)[C@H](CC(=O)Nc2ccc([N+](=O)[O-])cc2)SC1=Nc1nccs1. The second-order valence-corrected chi connectivity index (χ2v) is 7.65. The first kappa shape index (κ1) is 19.7. The minimum atomic E-state index is -0.614. The summed E-state index contributed by atoms with van der Waals surface area (Å²) in [5.74, 6) is -0.590. The van der Waals surface area contributed by atoms with Crippen LogP contribution in [-0.2, 0) is 9.59 Å². The molecule has 1 aliphatic heterocycles. The zero-order valence-electron chi connectivity index (χ0n) is 14.5. The Balaban J connectivity index is 1.67. The highest BCUT2D eigenvalue weighted by Crippen LogP contribution is 2.32. The van der Waals surface area contributed by atoms with Crippen LogP contribution in [0.5, 0.6) is 0 Å². The molecule has 1 saturated heterocycles. The number of nitrogens with one attached hydrogen (secondary N) is 1. The molecular weight excluding hydrogens is 402 g/mol. The molecule has 0 bridgehead atoms. The Labute approximate surface area is 168 Å². The van der Waals surface area contributed by atoms with Gasteiger partial charge >= 0.3 is 0 Å². The van der Waals surface area contributed by atoms with Gasteiger partial charge < -0.3 is 5.32 Å². The lowest BCUT2D eigenvalue weighted by Crippen LogP contribution is -2.33. The molecule has 2 heterocycles. The molecule has 1 aromatic carbocycles. The van der Waals surface area contributed by atoms with Crippen molar-refractivity contribution in [3.8, 4) is 0 Å². The van der Waals surface area contributed by atoms with Crippen LogP contribution in [0.4, 0.5) is 16.5 Å². The molecule has 0 radical (unpaired) electrons. The first-order chi connectivity index (χ1) is 13.5. The molecule has 11 heteroatoms. The lowest BCUT2D eigenvalue weighted by atomic mass is 10.2. The maximum atomic E-state index is 12.6. The number of aliphatic imine (C=N–C) groups is 1. The second kappa shape index (κ2) is 8.76. The highest BCUT2D eigenvalue weighted by Gasteiger charge is 2.38. The molecule has 1 fully saturated rings. The van der Waals surface area contributed by atoms with Gasteiger partial charge in [0.15, 0.2) is 5.17 Å². The molecule has 0 unspecified atom stereocenters. The summed E-state index contributed by atoms with van der Waals surface area (Å²) in [4.78, 5) is 45.1. The summed E-state index contributed by atoms with van der Waals surface area (Å²) in [5.41, 5.74) is 0.355. The fraction of sp³-hybridized carbons (Fsp3) is 0.176. The fourth-order valence-electron chi connectivity index (χ4n) is 2.42. The molecule has 1 atom stereocenters. The van der Waals surface area contributed by atoms with Crippen molar-refractivity contribution in [2.75, 3.05) is 11.9 Å². The number of nitro benzene ring substituents is 1. The molecule has 9 nitrogen and oxygen atoms in total. The van der Waals surface area contributed by atoms with Gasteiger partial charge in [-0.05, 0) is 12.1 Å². The number of anilines is 1. The largest absolute Gasteiger partial charge is 0.326 e. The maximum absolute atomic E-state index is 12.6. The Morgan fingerprint density at radius 3 is 2.79 bits per heavy atom. The van der Waals surface area contributed by atoms with E-state index in [1.165, 1.54) is 52.3 Å². The number of amides is 2. The number of rotatable bonds is 7. The summed E-state index contributed by atoms with van der Waals surface area (Å²) >= 11 is 2.55. The van der Waals surface area contributed by atoms with Gasteiger partial charge in [0.05, 0.1) is 4.92 Å². The average Bonchev–Trinajstić information content (AvgIpc) is 3.27. The third-order valence-electron chi connectivity index (χ3n) is 3.67. The smallest absolute Gasteiger partial charge is 0.269 e. The van der Waals surface area contributed by atoms with E-state index in [2.05, 4.69) is 21.9 Å². The van der Waals surface area contributed by atoms with E-state index in [9.17, 15) is 19.7 Å². The van der Waals surface area contributed by atoms with E-state index in [1.54, 1.807) is 17.7 Å². The van der Waals surface area contributed by atoms with Crippen molar-refractivity contribution >= 4 is 56.6 Å². The number of benzene rings is 1. The van der Waals surface area contributed by atoms with Gasteiger partial charge in [-0.2, -0.15) is 4.99 Å². The molecule has 1 N–H and O–H groups in total. The molecule has 2 amide bonds. The number of nitro groups is 1. The van der Waals surface area contributed by atoms with E-state index in [4.69, 9.17) is 0 Å². The van der Waals surface area contributed by atoms with Crippen LogP contribution < -0.4 is 5.32 Å². The lowest BCUT2D eigenvalue weighted by molar-refractivity contribution is -0.384. The number of non-ortho nitro benzene ring substituents is 1. The number of carbonyl (C=O) groups is 2. The van der Waals surface area contributed by atoms with Crippen LogP contribution in [0.25, 0.3) is 0 Å². The second-order valence-electron chi connectivity index (χ2n) is 5.61. The maximum Gasteiger partial charge on any atom is 0.269 e. The fourth-order valence-corrected chi connectivity index (χ4v) is 4.13. The van der Waals surface area contributed by atoms with Crippen LogP contribution in [0.3, 0.4) is 0 Å². The zero-order valence-corrected chi connectivity index (χ0v) is 16.1. The van der Waals surface area contributed by atoms with E-state index in [-0.39, 0.29) is 30.5 Å². The van der Waals surface area contributed by atoms with Gasteiger partial charge in [0.25, 0.3) is 5.69 Å². The predicted octanol–water partition coefficient (Wildman–Crippen LogP) is 3.20. The van der Waals surface area contributed by atoms with Gasteiger partial charge in [0.1, 0.15) is 5.25 Å². The molecule has 1 aliphatic rings. The highest BCUT2D eigenvalue weighted by molar-refractivity contribution is 8.15. The van der Waals surface area contributed by atoms with Crippen LogP contribution in [-0.4, -0.2) is 43.6 Å². The zero-order chi connectivity index (χ0) is 20.1. The molecule has 3 rings (SSSR count). The molecule has 144 valence electrons. The molecule has 0 saturated carbocycles. The van der Waals surface area contributed by atoms with Crippen molar-refractivity contribution in [3.63, 3.8) is 0 Å². The summed E-state index contributed by atoms with van der Waals surface area (Å²) in [7, 11) is 0. The summed E-state index contributed by atoms with van der Waals surface area (Å²) in [6.45, 7) is 3.94. The Morgan fingerprint density at radius 1 is 1.43 bits per heavy atom. The van der Waals surface area contributed by atoms with Crippen molar-refractivity contribution in [2.45, 2.75) is 11.7 Å². The van der Waals surface area contributed by atoms with Crippen molar-refractivity contribution in [3.05, 3.63) is 58.6 Å². The van der Waals surface area contributed by atoms with Crippen molar-refractivity contribution in [1.29, 1.82) is 0 Å². The van der Waals surface area contributed by atoms with Gasteiger partial charge in [-0.15, -0.1) is 17.9 Å². The van der Waals surface area contributed by atoms with E-state index in [0.29, 0.717) is 16.0 Å². The molecule has 2 aromatic rings. The van der Waals surface area contributed by atoms with Crippen LogP contribution in [0.1, 0.15) is 6.42 Å². The van der Waals surface area contributed by atoms with Crippen molar-refractivity contribution < 1.29 is 14.5 Å². The Hall–Kier alpha value is -3.05. The Morgan fingerprint density at radius 2 is 2.18 bits per heavy atom. The van der Waals surface area contributed by atoms with Crippen molar-refractivity contribution in [1.82, 2.24) is 9.88 Å². The summed E-state index contributed by atoms with van der Waals surface area (Å²) in [6.07, 6.45) is 3.17. The van der Waals surface area contributed by atoms with E-state index in [1.807, 2.05) is 0 Å². The van der Waals surface area contributed by atoms with E-state index < -0.39 is 10.2 Å². The first-order valence-electron chi connectivity index (χ1n) is 8.09. The monoisotopic (exact) mass is 417 g/mol. The molecule has 28 heavy (non-hydrogen) atoms. The average molecular weight is 417 g/mol. The molecule has 0 aliphatic carbocycles. The molecule has 0 spiro atoms. The normalized spacial score (nSPS) is 17.7. The van der Waals surface area contributed by atoms with Crippen LogP contribution in [0.2, 0.25) is 0 Å². The third kappa shape index (κ3) is 4.61. The number of nitrogens with zero attached hydrogens (tertiary/aromatic N) is 4. The topological polar surface area (TPSA) is 118 Å². The first-order valence-corrected chi connectivity index (χ1v) is 9.85. The molecule has 1 aromatic heterocycles. The van der Waals surface area contributed by atoms with Gasteiger partial charge in [0, 0.05) is 42.4 Å². The summed E-state index contributed by atoms with van der Waals surface area (Å²) in [6, 6.07) is 5.49. The van der Waals surface area contributed by atoms with Gasteiger partial charge in [0.2, 0.25) is 16.9 Å². The van der Waals surface area contributed by atoms with E-state index >= 15 is 0 Å². The van der Waals surface area contributed by atoms with Crippen LogP contribution in [0, 0.1) is 10.1 Å². The van der Waals surface area contributed by atoms with Gasteiger partial charge in [-0.25, -0.2) is 4.98 Å². The van der Waals surface area contributed by atoms with Gasteiger partial charge in [-0.3, -0.25) is 24.6 Å². The number of hydrogen-bond donors (Lipinski definition) is 1.